The van der Waals surface area contributed by atoms with Gasteiger partial charge < -0.3 is 20.2 Å². The fourth-order valence-electron chi connectivity index (χ4n) is 3.72. The van der Waals surface area contributed by atoms with E-state index in [1.54, 1.807) is 0 Å². The number of benzene rings is 2. The Bertz CT molecular complexity index is 1260. The van der Waals surface area contributed by atoms with Gasteiger partial charge in [-0.15, -0.1) is 0 Å². The van der Waals surface area contributed by atoms with E-state index in [2.05, 4.69) is 5.32 Å². The van der Waals surface area contributed by atoms with Crippen LogP contribution >= 0.6 is 23.2 Å². The van der Waals surface area contributed by atoms with Gasteiger partial charge in [0, 0.05) is 16.1 Å². The molecule has 1 aromatic heterocycles. The number of hydrogen-bond donors (Lipinski definition) is 3. The van der Waals surface area contributed by atoms with Crippen molar-refractivity contribution in [1.82, 2.24) is 10.6 Å². The predicted molar refractivity (Wildman–Crippen MR) is 114 cm³/mol. The molecule has 1 fully saturated rings. The number of nitrogens with one attached hydrogen (secondary N) is 2. The van der Waals surface area contributed by atoms with Gasteiger partial charge in [0.1, 0.15) is 29.3 Å². The summed E-state index contributed by atoms with van der Waals surface area (Å²) in [4.78, 5) is 25.3. The molecule has 12 heteroatoms. The average molecular weight is 517 g/mol. The van der Waals surface area contributed by atoms with Crippen molar-refractivity contribution in [3.05, 3.63) is 81.8 Å². The molecule has 1 aliphatic heterocycles. The van der Waals surface area contributed by atoms with Gasteiger partial charge in [0.25, 0.3) is 0 Å². The standard InChI is InChI=1S/C22H14Cl2F4N2O4/c23-11-3-6-13(14(24)9-11)15-7-8-16(34-15)18-17(19(31)10-1-4-12(25)5-2-10)21(33,22(26,27)28)30-20(32)29-18/h1-9,17-18,33H,(H2,29,30,32)/t17-,18-,21+/m1/s1. The fraction of sp³-hybridized carbons (Fsp3) is 0.182. The van der Waals surface area contributed by atoms with Gasteiger partial charge in [0.15, 0.2) is 5.78 Å². The molecule has 34 heavy (non-hydrogen) atoms. The van der Waals surface area contributed by atoms with Crippen LogP contribution in [0, 0.1) is 11.7 Å². The van der Waals surface area contributed by atoms with Crippen molar-refractivity contribution >= 4 is 35.0 Å². The van der Waals surface area contributed by atoms with E-state index >= 15 is 0 Å². The van der Waals surface area contributed by atoms with Gasteiger partial charge in [0.2, 0.25) is 5.72 Å². The van der Waals surface area contributed by atoms with Crippen LogP contribution in [0.25, 0.3) is 11.3 Å². The molecule has 1 saturated heterocycles. The molecule has 3 aromatic rings. The number of halogens is 6. The molecule has 0 unspecified atom stereocenters. The maximum atomic E-state index is 14.0. The normalized spacial score (nSPS) is 22.7. The Morgan fingerprint density at radius 3 is 2.35 bits per heavy atom. The first-order valence-corrected chi connectivity index (χ1v) is 10.4. The average Bonchev–Trinajstić information content (AvgIpc) is 3.22. The Morgan fingerprint density at radius 1 is 1.06 bits per heavy atom. The second kappa shape index (κ2) is 8.61. The number of rotatable bonds is 4. The molecule has 2 heterocycles. The third kappa shape index (κ3) is 4.24. The second-order valence-electron chi connectivity index (χ2n) is 7.52. The van der Waals surface area contributed by atoms with Gasteiger partial charge in [-0.25, -0.2) is 9.18 Å². The zero-order chi connectivity index (χ0) is 24.8. The number of ketones is 1. The lowest BCUT2D eigenvalue weighted by Gasteiger charge is -2.44. The molecule has 2 aromatic carbocycles. The molecule has 0 saturated carbocycles. The molecule has 6 nitrogen and oxygen atoms in total. The van der Waals surface area contributed by atoms with Crippen molar-refractivity contribution < 1.29 is 36.7 Å². The maximum absolute atomic E-state index is 14.0. The third-order valence-electron chi connectivity index (χ3n) is 5.35. The highest BCUT2D eigenvalue weighted by molar-refractivity contribution is 6.36. The lowest BCUT2D eigenvalue weighted by atomic mass is 9.79. The first-order valence-electron chi connectivity index (χ1n) is 9.63. The third-order valence-corrected chi connectivity index (χ3v) is 5.90. The quantitative estimate of drug-likeness (QED) is 0.315. The van der Waals surface area contributed by atoms with E-state index < -0.39 is 41.5 Å². The summed E-state index contributed by atoms with van der Waals surface area (Å²) in [5.74, 6) is -4.38. The van der Waals surface area contributed by atoms with Crippen LogP contribution in [0.5, 0.6) is 0 Å². The Kier molecular flexibility index (Phi) is 6.09. The van der Waals surface area contributed by atoms with Crippen molar-refractivity contribution in [2.45, 2.75) is 17.9 Å². The minimum Gasteiger partial charge on any atom is -0.459 e. The van der Waals surface area contributed by atoms with Crippen molar-refractivity contribution in [3.63, 3.8) is 0 Å². The monoisotopic (exact) mass is 516 g/mol. The summed E-state index contributed by atoms with van der Waals surface area (Å²) in [5.41, 5.74) is -3.91. The first-order chi connectivity index (χ1) is 15.9. The first kappa shape index (κ1) is 24.1. The van der Waals surface area contributed by atoms with Crippen LogP contribution in [0.2, 0.25) is 10.0 Å². The molecular weight excluding hydrogens is 503 g/mol. The van der Waals surface area contributed by atoms with E-state index in [0.29, 0.717) is 10.6 Å². The van der Waals surface area contributed by atoms with Gasteiger partial charge >= 0.3 is 12.2 Å². The maximum Gasteiger partial charge on any atom is 0.437 e. The smallest absolute Gasteiger partial charge is 0.437 e. The van der Waals surface area contributed by atoms with Crippen molar-refractivity contribution in [1.29, 1.82) is 0 Å². The highest BCUT2D eigenvalue weighted by Gasteiger charge is 2.66. The molecule has 2 amide bonds. The van der Waals surface area contributed by atoms with E-state index in [0.717, 1.165) is 24.3 Å². The van der Waals surface area contributed by atoms with Crippen LogP contribution < -0.4 is 10.6 Å². The number of carbonyl (C=O) groups is 2. The number of urea groups is 1. The van der Waals surface area contributed by atoms with Crippen molar-refractivity contribution in [2.24, 2.45) is 5.92 Å². The van der Waals surface area contributed by atoms with E-state index in [9.17, 15) is 32.3 Å². The summed E-state index contributed by atoms with van der Waals surface area (Å²) in [5, 5.41) is 14.7. The van der Waals surface area contributed by atoms with Crippen LogP contribution in [0.4, 0.5) is 22.4 Å². The summed E-state index contributed by atoms with van der Waals surface area (Å²) < 4.78 is 60.9. The highest BCUT2D eigenvalue weighted by atomic mass is 35.5. The molecule has 0 radical (unpaired) electrons. The molecule has 178 valence electrons. The number of furan rings is 1. The summed E-state index contributed by atoms with van der Waals surface area (Å²) in [6.07, 6.45) is -5.45. The Labute approximate surface area is 199 Å². The van der Waals surface area contributed by atoms with E-state index in [1.165, 1.54) is 35.6 Å². The Balaban J connectivity index is 1.82. The van der Waals surface area contributed by atoms with Gasteiger partial charge in [-0.3, -0.25) is 4.79 Å². The van der Waals surface area contributed by atoms with Crippen molar-refractivity contribution in [3.8, 4) is 11.3 Å². The molecule has 3 N–H and O–H groups in total. The number of amides is 2. The van der Waals surface area contributed by atoms with Crippen LogP contribution in [-0.2, 0) is 0 Å². The number of alkyl halides is 3. The largest absolute Gasteiger partial charge is 0.459 e. The number of carbonyl (C=O) groups excluding carboxylic acids is 2. The lowest BCUT2D eigenvalue weighted by Crippen LogP contribution is -2.72. The van der Waals surface area contributed by atoms with E-state index in [4.69, 9.17) is 27.6 Å². The molecule has 3 atom stereocenters. The second-order valence-corrected chi connectivity index (χ2v) is 8.36. The molecule has 0 spiro atoms. The summed E-state index contributed by atoms with van der Waals surface area (Å²) in [7, 11) is 0. The summed E-state index contributed by atoms with van der Waals surface area (Å²) in [6.45, 7) is 0. The zero-order valence-corrected chi connectivity index (χ0v) is 18.3. The Morgan fingerprint density at radius 2 is 1.74 bits per heavy atom. The highest BCUT2D eigenvalue weighted by Crippen LogP contribution is 2.45. The summed E-state index contributed by atoms with van der Waals surface area (Å²) >= 11 is 12.0. The molecular formula is C22H14Cl2F4N2O4. The Hall–Kier alpha value is -3.08. The van der Waals surface area contributed by atoms with E-state index in [-0.39, 0.29) is 22.1 Å². The van der Waals surface area contributed by atoms with Crippen LogP contribution in [-0.4, -0.2) is 28.8 Å². The van der Waals surface area contributed by atoms with Crippen molar-refractivity contribution in [2.75, 3.05) is 0 Å². The van der Waals surface area contributed by atoms with Gasteiger partial charge in [-0.1, -0.05) is 23.2 Å². The van der Waals surface area contributed by atoms with Gasteiger partial charge in [-0.2, -0.15) is 13.2 Å². The number of hydrogen-bond acceptors (Lipinski definition) is 4. The van der Waals surface area contributed by atoms with Crippen LogP contribution in [0.3, 0.4) is 0 Å². The van der Waals surface area contributed by atoms with Gasteiger partial charge in [0.05, 0.1) is 5.02 Å². The SMILES string of the molecule is O=C1N[C@H](c2ccc(-c3ccc(Cl)cc3Cl)o2)[C@H](C(=O)c2ccc(F)cc2)[C@](O)(C(F)(F)F)N1. The molecule has 0 aliphatic carbocycles. The summed E-state index contributed by atoms with van der Waals surface area (Å²) in [6, 6.07) is 7.69. The van der Waals surface area contributed by atoms with Gasteiger partial charge in [-0.05, 0) is 54.6 Å². The van der Waals surface area contributed by atoms with Crippen LogP contribution in [0.1, 0.15) is 22.2 Å². The fourth-order valence-corrected chi connectivity index (χ4v) is 4.23. The molecule has 0 bridgehead atoms. The minimum absolute atomic E-state index is 0.118. The topological polar surface area (TPSA) is 91.6 Å². The predicted octanol–water partition coefficient (Wildman–Crippen LogP) is 5.50. The molecule has 1 aliphatic rings. The lowest BCUT2D eigenvalue weighted by molar-refractivity contribution is -0.288. The van der Waals surface area contributed by atoms with E-state index in [1.807, 2.05) is 0 Å². The van der Waals surface area contributed by atoms with Crippen LogP contribution in [0.15, 0.2) is 59.0 Å². The zero-order valence-electron chi connectivity index (χ0n) is 16.8. The molecule has 4 rings (SSSR count). The minimum atomic E-state index is -5.45. The number of Topliss-reactive ketones (excluding diaryl/α,β-unsaturated/α-hetero) is 1. The number of aliphatic hydroxyl groups is 1.